The summed E-state index contributed by atoms with van der Waals surface area (Å²) in [6.07, 6.45) is 1.39. The SMILES string of the molecule is CCC(C)(C)C(=O)CCC(CC(=O)O)NC(C)(C)C(C)=O. The van der Waals surface area contributed by atoms with E-state index in [0.717, 1.165) is 6.42 Å². The average Bonchev–Trinajstić information content (AvgIpc) is 2.34. The van der Waals surface area contributed by atoms with Gasteiger partial charge in [-0.3, -0.25) is 14.4 Å². The molecule has 0 aromatic rings. The number of carboxylic acid groups (broad SMARTS) is 1. The Balaban J connectivity index is 4.76. The summed E-state index contributed by atoms with van der Waals surface area (Å²) in [5.74, 6) is -0.866. The van der Waals surface area contributed by atoms with Crippen LogP contribution < -0.4 is 5.32 Å². The zero-order valence-corrected chi connectivity index (χ0v) is 14.1. The molecule has 0 heterocycles. The summed E-state index contributed by atoms with van der Waals surface area (Å²) in [6, 6.07) is -0.391. The van der Waals surface area contributed by atoms with Gasteiger partial charge in [-0.1, -0.05) is 20.8 Å². The van der Waals surface area contributed by atoms with Crippen LogP contribution >= 0.6 is 0 Å². The van der Waals surface area contributed by atoms with E-state index in [-0.39, 0.29) is 23.4 Å². The van der Waals surface area contributed by atoms with Crippen LogP contribution in [0.1, 0.15) is 67.2 Å². The summed E-state index contributed by atoms with van der Waals surface area (Å²) in [5, 5.41) is 12.0. The van der Waals surface area contributed by atoms with Gasteiger partial charge in [-0.2, -0.15) is 0 Å². The lowest BCUT2D eigenvalue weighted by molar-refractivity contribution is -0.138. The Morgan fingerprint density at radius 3 is 2.05 bits per heavy atom. The molecule has 2 N–H and O–H groups in total. The van der Waals surface area contributed by atoms with Gasteiger partial charge in [0.15, 0.2) is 0 Å². The zero-order valence-electron chi connectivity index (χ0n) is 14.1. The summed E-state index contributed by atoms with van der Waals surface area (Å²) < 4.78 is 0. The van der Waals surface area contributed by atoms with Crippen molar-refractivity contribution in [1.29, 1.82) is 0 Å². The van der Waals surface area contributed by atoms with E-state index in [1.807, 2.05) is 20.8 Å². The molecule has 0 saturated carbocycles. The predicted molar refractivity (Wildman–Crippen MR) is 82.2 cm³/mol. The maximum absolute atomic E-state index is 12.1. The van der Waals surface area contributed by atoms with E-state index in [4.69, 9.17) is 5.11 Å². The van der Waals surface area contributed by atoms with Gasteiger partial charge in [0.05, 0.1) is 12.0 Å². The van der Waals surface area contributed by atoms with E-state index in [9.17, 15) is 14.4 Å². The fourth-order valence-electron chi connectivity index (χ4n) is 1.89. The van der Waals surface area contributed by atoms with Gasteiger partial charge in [0.2, 0.25) is 0 Å². The van der Waals surface area contributed by atoms with E-state index >= 15 is 0 Å². The maximum atomic E-state index is 12.1. The van der Waals surface area contributed by atoms with Crippen molar-refractivity contribution in [2.24, 2.45) is 5.41 Å². The lowest BCUT2D eigenvalue weighted by Gasteiger charge is -2.30. The topological polar surface area (TPSA) is 83.5 Å². The van der Waals surface area contributed by atoms with Crippen LogP contribution in [-0.4, -0.2) is 34.2 Å². The van der Waals surface area contributed by atoms with Crippen LogP contribution in [0.15, 0.2) is 0 Å². The molecule has 1 unspecified atom stereocenters. The van der Waals surface area contributed by atoms with Gasteiger partial charge in [0, 0.05) is 17.9 Å². The van der Waals surface area contributed by atoms with Crippen molar-refractivity contribution in [2.75, 3.05) is 0 Å². The van der Waals surface area contributed by atoms with Gasteiger partial charge in [0.25, 0.3) is 0 Å². The Morgan fingerprint density at radius 1 is 1.14 bits per heavy atom. The summed E-state index contributed by atoms with van der Waals surface area (Å²) in [4.78, 5) is 34.7. The predicted octanol–water partition coefficient (Wildman–Crippen LogP) is 2.57. The van der Waals surface area contributed by atoms with Crippen LogP contribution in [0, 0.1) is 5.41 Å². The molecule has 0 aliphatic carbocycles. The fraction of sp³-hybridized carbons (Fsp3) is 0.812. The van der Waals surface area contributed by atoms with Gasteiger partial charge in [-0.05, 0) is 33.6 Å². The van der Waals surface area contributed by atoms with E-state index in [1.54, 1.807) is 13.8 Å². The molecule has 0 radical (unpaired) electrons. The lowest BCUT2D eigenvalue weighted by atomic mass is 9.82. The molecular formula is C16H29NO4. The first kappa shape index (κ1) is 19.8. The highest BCUT2D eigenvalue weighted by atomic mass is 16.4. The van der Waals surface area contributed by atoms with Crippen LogP contribution in [0.5, 0.6) is 0 Å². The number of hydrogen-bond donors (Lipinski definition) is 2. The molecular weight excluding hydrogens is 270 g/mol. The molecule has 0 fully saturated rings. The Bertz CT molecular complexity index is 399. The van der Waals surface area contributed by atoms with Crippen LogP contribution in [0.25, 0.3) is 0 Å². The van der Waals surface area contributed by atoms with E-state index < -0.39 is 17.6 Å². The Morgan fingerprint density at radius 2 is 1.67 bits per heavy atom. The van der Waals surface area contributed by atoms with E-state index in [1.165, 1.54) is 6.92 Å². The summed E-state index contributed by atoms with van der Waals surface area (Å²) in [6.45, 7) is 10.7. The molecule has 0 aliphatic heterocycles. The van der Waals surface area contributed by atoms with E-state index in [0.29, 0.717) is 12.8 Å². The van der Waals surface area contributed by atoms with Crippen molar-refractivity contribution in [3.05, 3.63) is 0 Å². The molecule has 1 atom stereocenters. The number of hydrogen-bond acceptors (Lipinski definition) is 4. The Kier molecular flexibility index (Phi) is 7.24. The molecule has 21 heavy (non-hydrogen) atoms. The molecule has 0 aromatic heterocycles. The molecule has 0 rings (SSSR count). The minimum Gasteiger partial charge on any atom is -0.481 e. The first-order chi connectivity index (χ1) is 9.42. The molecule has 0 aliphatic rings. The summed E-state index contributed by atoms with van der Waals surface area (Å²) in [5.41, 5.74) is -1.17. The third kappa shape index (κ3) is 6.85. The Hall–Kier alpha value is -1.23. The number of carbonyl (C=O) groups is 3. The Labute approximate surface area is 127 Å². The van der Waals surface area contributed by atoms with Crippen molar-refractivity contribution >= 4 is 17.5 Å². The van der Waals surface area contributed by atoms with E-state index in [2.05, 4.69) is 5.32 Å². The number of rotatable bonds is 10. The fourth-order valence-corrected chi connectivity index (χ4v) is 1.89. The third-order valence-corrected chi connectivity index (χ3v) is 4.22. The van der Waals surface area contributed by atoms with Crippen LogP contribution in [-0.2, 0) is 14.4 Å². The molecule has 0 amide bonds. The quantitative estimate of drug-likeness (QED) is 0.648. The smallest absolute Gasteiger partial charge is 0.304 e. The molecule has 0 aromatic carbocycles. The first-order valence-corrected chi connectivity index (χ1v) is 7.46. The van der Waals surface area contributed by atoms with Crippen molar-refractivity contribution in [3.8, 4) is 0 Å². The minimum atomic E-state index is -0.936. The van der Waals surface area contributed by atoms with Gasteiger partial charge < -0.3 is 10.4 Å². The number of nitrogens with one attached hydrogen (secondary N) is 1. The van der Waals surface area contributed by atoms with Crippen LogP contribution in [0.3, 0.4) is 0 Å². The second-order valence-corrected chi connectivity index (χ2v) is 6.82. The number of ketones is 2. The van der Waals surface area contributed by atoms with Crippen LogP contribution in [0.4, 0.5) is 0 Å². The summed E-state index contributed by atoms with van der Waals surface area (Å²) >= 11 is 0. The number of carbonyl (C=O) groups excluding carboxylic acids is 2. The van der Waals surface area contributed by atoms with Gasteiger partial charge in [0.1, 0.15) is 11.6 Å². The molecule has 122 valence electrons. The highest BCUT2D eigenvalue weighted by molar-refractivity contribution is 5.85. The highest BCUT2D eigenvalue weighted by Crippen LogP contribution is 2.24. The summed E-state index contributed by atoms with van der Waals surface area (Å²) in [7, 11) is 0. The first-order valence-electron chi connectivity index (χ1n) is 7.46. The van der Waals surface area contributed by atoms with Crippen LogP contribution in [0.2, 0.25) is 0 Å². The highest BCUT2D eigenvalue weighted by Gasteiger charge is 2.30. The minimum absolute atomic E-state index is 0.0573. The third-order valence-electron chi connectivity index (χ3n) is 4.22. The second kappa shape index (κ2) is 7.69. The normalized spacial score (nSPS) is 13.8. The van der Waals surface area contributed by atoms with Crippen molar-refractivity contribution < 1.29 is 19.5 Å². The lowest BCUT2D eigenvalue weighted by Crippen LogP contribution is -2.51. The standard InChI is InChI=1S/C16H29NO4/c1-7-15(3,4)13(19)9-8-12(10-14(20)21)17-16(5,6)11(2)18/h12,17H,7-10H2,1-6H3,(H,20,21). The molecule has 5 nitrogen and oxygen atoms in total. The maximum Gasteiger partial charge on any atom is 0.304 e. The largest absolute Gasteiger partial charge is 0.481 e. The second-order valence-electron chi connectivity index (χ2n) is 6.82. The van der Waals surface area contributed by atoms with Crippen molar-refractivity contribution in [1.82, 2.24) is 5.32 Å². The molecule has 5 heteroatoms. The van der Waals surface area contributed by atoms with Crippen molar-refractivity contribution in [2.45, 2.75) is 78.8 Å². The molecule has 0 bridgehead atoms. The molecule has 0 spiro atoms. The van der Waals surface area contributed by atoms with Crippen molar-refractivity contribution in [3.63, 3.8) is 0 Å². The number of carboxylic acids is 1. The molecule has 0 saturated heterocycles. The number of Topliss-reactive ketones (excluding diaryl/α,β-unsaturated/α-hetero) is 2. The monoisotopic (exact) mass is 299 g/mol. The average molecular weight is 299 g/mol. The number of aliphatic carboxylic acids is 1. The van der Waals surface area contributed by atoms with Gasteiger partial charge in [-0.25, -0.2) is 0 Å². The van der Waals surface area contributed by atoms with Gasteiger partial charge >= 0.3 is 5.97 Å². The zero-order chi connectivity index (χ0) is 16.8. The van der Waals surface area contributed by atoms with Gasteiger partial charge in [-0.15, -0.1) is 0 Å².